The zero-order chi connectivity index (χ0) is 12.0. The van der Waals surface area contributed by atoms with Gasteiger partial charge in [0.1, 0.15) is 10.6 Å². The maximum atomic E-state index is 11.9. The summed E-state index contributed by atoms with van der Waals surface area (Å²) in [4.78, 5) is 0.199. The highest BCUT2D eigenvalue weighted by Gasteiger charge is 2.17. The van der Waals surface area contributed by atoms with Crippen LogP contribution in [0.2, 0.25) is 0 Å². The van der Waals surface area contributed by atoms with Crippen LogP contribution < -0.4 is 9.46 Å². The second-order valence-electron chi connectivity index (χ2n) is 3.28. The van der Waals surface area contributed by atoms with Crippen LogP contribution in [-0.4, -0.2) is 21.6 Å². The third-order valence-corrected chi connectivity index (χ3v) is 3.48. The van der Waals surface area contributed by atoms with E-state index in [9.17, 15) is 8.42 Å². The lowest BCUT2D eigenvalue weighted by Gasteiger charge is -2.10. The standard InChI is InChI=1S/C11H17NO3S/c1-3-9-12-16(13,14)11-8-6-5-7-10(11)15-4-2/h5-8,12H,3-4,9H2,1-2H3. The summed E-state index contributed by atoms with van der Waals surface area (Å²) in [5.74, 6) is 0.397. The van der Waals surface area contributed by atoms with Crippen LogP contribution in [0.4, 0.5) is 0 Å². The molecule has 16 heavy (non-hydrogen) atoms. The fourth-order valence-corrected chi connectivity index (χ4v) is 2.54. The molecule has 0 aliphatic rings. The smallest absolute Gasteiger partial charge is 0.244 e. The lowest BCUT2D eigenvalue weighted by molar-refractivity contribution is 0.331. The maximum Gasteiger partial charge on any atom is 0.244 e. The molecule has 0 spiro atoms. The van der Waals surface area contributed by atoms with Gasteiger partial charge in [-0.05, 0) is 25.5 Å². The van der Waals surface area contributed by atoms with Crippen molar-refractivity contribution < 1.29 is 13.2 Å². The van der Waals surface area contributed by atoms with Crippen LogP contribution in [-0.2, 0) is 10.0 Å². The average Bonchev–Trinajstić information content (AvgIpc) is 2.27. The average molecular weight is 243 g/mol. The number of ether oxygens (including phenoxy) is 1. The van der Waals surface area contributed by atoms with Crippen LogP contribution in [0.25, 0.3) is 0 Å². The van der Waals surface area contributed by atoms with Crippen molar-refractivity contribution in [2.75, 3.05) is 13.2 Å². The second-order valence-corrected chi connectivity index (χ2v) is 5.01. The summed E-state index contributed by atoms with van der Waals surface area (Å²) >= 11 is 0. The molecule has 1 aromatic rings. The Morgan fingerprint density at radius 3 is 2.56 bits per heavy atom. The van der Waals surface area contributed by atoms with Crippen molar-refractivity contribution in [2.24, 2.45) is 0 Å². The van der Waals surface area contributed by atoms with E-state index in [0.29, 0.717) is 18.9 Å². The molecule has 90 valence electrons. The molecule has 0 bridgehead atoms. The molecule has 1 rings (SSSR count). The number of nitrogens with one attached hydrogen (secondary N) is 1. The van der Waals surface area contributed by atoms with Gasteiger partial charge in [-0.25, -0.2) is 13.1 Å². The Kier molecular flexibility index (Phi) is 4.76. The highest BCUT2D eigenvalue weighted by Crippen LogP contribution is 2.22. The molecule has 0 aliphatic heterocycles. The van der Waals surface area contributed by atoms with Crippen molar-refractivity contribution in [2.45, 2.75) is 25.2 Å². The van der Waals surface area contributed by atoms with Gasteiger partial charge in [-0.2, -0.15) is 0 Å². The first-order valence-electron chi connectivity index (χ1n) is 5.33. The van der Waals surface area contributed by atoms with Gasteiger partial charge < -0.3 is 4.74 Å². The third-order valence-electron chi connectivity index (χ3n) is 1.98. The van der Waals surface area contributed by atoms with E-state index in [1.807, 2.05) is 13.8 Å². The van der Waals surface area contributed by atoms with Crippen molar-refractivity contribution in [3.63, 3.8) is 0 Å². The van der Waals surface area contributed by atoms with Crippen molar-refractivity contribution in [3.05, 3.63) is 24.3 Å². The molecule has 0 aliphatic carbocycles. The van der Waals surface area contributed by atoms with Gasteiger partial charge in [-0.15, -0.1) is 0 Å². The normalized spacial score (nSPS) is 11.4. The Morgan fingerprint density at radius 2 is 1.94 bits per heavy atom. The highest BCUT2D eigenvalue weighted by atomic mass is 32.2. The van der Waals surface area contributed by atoms with Crippen molar-refractivity contribution >= 4 is 10.0 Å². The first-order valence-corrected chi connectivity index (χ1v) is 6.81. The van der Waals surface area contributed by atoms with E-state index in [1.54, 1.807) is 24.3 Å². The molecule has 0 heterocycles. The zero-order valence-electron chi connectivity index (χ0n) is 9.56. The molecular formula is C11H17NO3S. The van der Waals surface area contributed by atoms with Crippen LogP contribution in [0.15, 0.2) is 29.2 Å². The Balaban J connectivity index is 3.02. The minimum absolute atomic E-state index is 0.199. The third kappa shape index (κ3) is 3.21. The molecule has 0 amide bonds. The van der Waals surface area contributed by atoms with E-state index in [-0.39, 0.29) is 4.90 Å². The molecule has 0 saturated heterocycles. The van der Waals surface area contributed by atoms with Crippen LogP contribution >= 0.6 is 0 Å². The van der Waals surface area contributed by atoms with Crippen molar-refractivity contribution in [1.82, 2.24) is 4.72 Å². The Bertz CT molecular complexity index is 429. The summed E-state index contributed by atoms with van der Waals surface area (Å²) in [6.07, 6.45) is 0.760. The number of para-hydroxylation sites is 1. The maximum absolute atomic E-state index is 11.9. The molecule has 4 nitrogen and oxygen atoms in total. The first kappa shape index (κ1) is 13.0. The summed E-state index contributed by atoms with van der Waals surface area (Å²) in [6, 6.07) is 6.64. The minimum Gasteiger partial charge on any atom is -0.492 e. The number of rotatable bonds is 6. The Morgan fingerprint density at radius 1 is 1.25 bits per heavy atom. The number of hydrogen-bond donors (Lipinski definition) is 1. The topological polar surface area (TPSA) is 55.4 Å². The van der Waals surface area contributed by atoms with Gasteiger partial charge in [0.2, 0.25) is 10.0 Å². The predicted octanol–water partition coefficient (Wildman–Crippen LogP) is 1.77. The molecule has 0 unspecified atom stereocenters. The monoisotopic (exact) mass is 243 g/mol. The molecule has 0 aromatic heterocycles. The highest BCUT2D eigenvalue weighted by molar-refractivity contribution is 7.89. The van der Waals surface area contributed by atoms with Crippen LogP contribution in [0.3, 0.4) is 0 Å². The fraction of sp³-hybridized carbons (Fsp3) is 0.455. The zero-order valence-corrected chi connectivity index (χ0v) is 10.4. The first-order chi connectivity index (χ1) is 7.61. The van der Waals surface area contributed by atoms with E-state index >= 15 is 0 Å². The largest absolute Gasteiger partial charge is 0.492 e. The summed E-state index contributed by atoms with van der Waals surface area (Å²) in [5.41, 5.74) is 0. The summed E-state index contributed by atoms with van der Waals surface area (Å²) in [6.45, 7) is 4.61. The lowest BCUT2D eigenvalue weighted by Crippen LogP contribution is -2.24. The number of hydrogen-bond acceptors (Lipinski definition) is 3. The summed E-state index contributed by atoms with van der Waals surface area (Å²) in [5, 5.41) is 0. The van der Waals surface area contributed by atoms with E-state index in [1.165, 1.54) is 0 Å². The van der Waals surface area contributed by atoms with Gasteiger partial charge in [0.05, 0.1) is 6.61 Å². The molecule has 1 N–H and O–H groups in total. The van der Waals surface area contributed by atoms with E-state index in [2.05, 4.69) is 4.72 Å². The van der Waals surface area contributed by atoms with Crippen LogP contribution in [0.5, 0.6) is 5.75 Å². The Hall–Kier alpha value is -1.07. The molecule has 0 fully saturated rings. The van der Waals surface area contributed by atoms with E-state index in [4.69, 9.17) is 4.74 Å². The molecular weight excluding hydrogens is 226 g/mol. The van der Waals surface area contributed by atoms with Gasteiger partial charge in [-0.3, -0.25) is 0 Å². The van der Waals surface area contributed by atoms with Gasteiger partial charge in [0, 0.05) is 6.54 Å². The quantitative estimate of drug-likeness (QED) is 0.828. The van der Waals surface area contributed by atoms with Gasteiger partial charge in [-0.1, -0.05) is 19.1 Å². The number of sulfonamides is 1. The fourth-order valence-electron chi connectivity index (χ4n) is 1.26. The van der Waals surface area contributed by atoms with Crippen molar-refractivity contribution in [3.8, 4) is 5.75 Å². The Labute approximate surface area is 96.7 Å². The minimum atomic E-state index is -3.45. The summed E-state index contributed by atoms with van der Waals surface area (Å²) < 4.78 is 31.6. The molecule has 1 aromatic carbocycles. The second kappa shape index (κ2) is 5.86. The molecule has 0 atom stereocenters. The van der Waals surface area contributed by atoms with Crippen LogP contribution in [0.1, 0.15) is 20.3 Å². The van der Waals surface area contributed by atoms with Gasteiger partial charge in [0.15, 0.2) is 0 Å². The predicted molar refractivity (Wildman–Crippen MR) is 63.1 cm³/mol. The molecule has 5 heteroatoms. The van der Waals surface area contributed by atoms with Crippen LogP contribution in [0, 0.1) is 0 Å². The van der Waals surface area contributed by atoms with E-state index < -0.39 is 10.0 Å². The van der Waals surface area contributed by atoms with Gasteiger partial charge in [0.25, 0.3) is 0 Å². The van der Waals surface area contributed by atoms with Crippen molar-refractivity contribution in [1.29, 1.82) is 0 Å². The number of benzene rings is 1. The molecule has 0 radical (unpaired) electrons. The van der Waals surface area contributed by atoms with E-state index in [0.717, 1.165) is 6.42 Å². The lowest BCUT2D eigenvalue weighted by atomic mass is 10.3. The van der Waals surface area contributed by atoms with Gasteiger partial charge >= 0.3 is 0 Å². The molecule has 0 saturated carbocycles. The SMILES string of the molecule is CCCNS(=O)(=O)c1ccccc1OCC. The summed E-state index contributed by atoms with van der Waals surface area (Å²) in [7, 11) is -3.45.